The minimum Gasteiger partial charge on any atom is -0.490 e. The molecule has 0 saturated carbocycles. The monoisotopic (exact) mass is 417 g/mol. The summed E-state index contributed by atoms with van der Waals surface area (Å²) in [4.78, 5) is 23.9. The van der Waals surface area contributed by atoms with E-state index in [4.69, 9.17) is 21.1 Å². The molecule has 2 N–H and O–H groups in total. The quantitative estimate of drug-likeness (QED) is 0.387. The Labute approximate surface area is 175 Å². The number of rotatable bonds is 8. The van der Waals surface area contributed by atoms with Crippen molar-refractivity contribution < 1.29 is 19.1 Å². The molecule has 2 aromatic carbocycles. The number of benzene rings is 2. The lowest BCUT2D eigenvalue weighted by Crippen LogP contribution is -2.32. The van der Waals surface area contributed by atoms with Crippen LogP contribution in [0.25, 0.3) is 0 Å². The summed E-state index contributed by atoms with van der Waals surface area (Å²) in [5.74, 6) is -0.746. The van der Waals surface area contributed by atoms with Crippen molar-refractivity contribution in [2.75, 3.05) is 18.5 Å². The van der Waals surface area contributed by atoms with Crippen LogP contribution in [0.2, 0.25) is 5.02 Å². The van der Waals surface area contributed by atoms with Gasteiger partial charge < -0.3 is 14.8 Å². The number of anilines is 1. The summed E-state index contributed by atoms with van der Waals surface area (Å²) in [5.41, 5.74) is 4.19. The molecule has 0 spiro atoms. The lowest BCUT2D eigenvalue weighted by molar-refractivity contribution is -0.136. The van der Waals surface area contributed by atoms with Crippen LogP contribution >= 0.6 is 11.6 Å². The molecule has 0 aliphatic carbocycles. The largest absolute Gasteiger partial charge is 0.490 e. The molecule has 0 aliphatic heterocycles. The van der Waals surface area contributed by atoms with Gasteiger partial charge >= 0.3 is 11.8 Å². The van der Waals surface area contributed by atoms with Crippen molar-refractivity contribution in [2.45, 2.75) is 27.2 Å². The fourth-order valence-corrected chi connectivity index (χ4v) is 2.65. The molecular weight excluding hydrogens is 394 g/mol. The molecule has 0 saturated heterocycles. The number of amides is 2. The first kappa shape index (κ1) is 22.2. The average Bonchev–Trinajstić information content (AvgIpc) is 2.69. The number of halogens is 1. The van der Waals surface area contributed by atoms with E-state index in [1.54, 1.807) is 24.3 Å². The zero-order valence-electron chi connectivity index (χ0n) is 16.6. The SMILES string of the molecule is CCCOc1c(Cl)cc(/C=N\NC(=O)C(=O)Nc2ccccc2C)cc1OCC. The van der Waals surface area contributed by atoms with Crippen LogP contribution in [0.3, 0.4) is 0 Å². The van der Waals surface area contributed by atoms with E-state index in [0.717, 1.165) is 12.0 Å². The highest BCUT2D eigenvalue weighted by molar-refractivity contribution is 6.39. The lowest BCUT2D eigenvalue weighted by Gasteiger charge is -2.13. The van der Waals surface area contributed by atoms with E-state index in [0.29, 0.717) is 41.0 Å². The van der Waals surface area contributed by atoms with Crippen LogP contribution in [0.5, 0.6) is 11.5 Å². The fraction of sp³-hybridized carbons (Fsp3) is 0.286. The first-order chi connectivity index (χ1) is 14.0. The summed E-state index contributed by atoms with van der Waals surface area (Å²) in [6.07, 6.45) is 2.21. The van der Waals surface area contributed by atoms with Crippen molar-refractivity contribution in [1.29, 1.82) is 0 Å². The van der Waals surface area contributed by atoms with E-state index in [-0.39, 0.29) is 0 Å². The predicted molar refractivity (Wildman–Crippen MR) is 114 cm³/mol. The van der Waals surface area contributed by atoms with Crippen LogP contribution in [-0.4, -0.2) is 31.2 Å². The van der Waals surface area contributed by atoms with E-state index >= 15 is 0 Å². The van der Waals surface area contributed by atoms with E-state index in [9.17, 15) is 9.59 Å². The second kappa shape index (κ2) is 11.1. The highest BCUT2D eigenvalue weighted by Crippen LogP contribution is 2.36. The normalized spacial score (nSPS) is 10.6. The number of carbonyl (C=O) groups is 2. The summed E-state index contributed by atoms with van der Waals surface area (Å²) in [6.45, 7) is 6.63. The Hall–Kier alpha value is -3.06. The van der Waals surface area contributed by atoms with Crippen molar-refractivity contribution in [3.63, 3.8) is 0 Å². The van der Waals surface area contributed by atoms with Gasteiger partial charge in [-0.2, -0.15) is 5.10 Å². The van der Waals surface area contributed by atoms with Gasteiger partial charge in [0.2, 0.25) is 0 Å². The van der Waals surface area contributed by atoms with Gasteiger partial charge in [0.25, 0.3) is 0 Å². The van der Waals surface area contributed by atoms with Crippen LogP contribution in [0.4, 0.5) is 5.69 Å². The molecule has 0 heterocycles. The Bertz CT molecular complexity index is 899. The van der Waals surface area contributed by atoms with E-state index < -0.39 is 11.8 Å². The maximum Gasteiger partial charge on any atom is 0.329 e. The second-order valence-electron chi connectivity index (χ2n) is 6.08. The number of ether oxygens (including phenoxy) is 2. The number of nitrogens with one attached hydrogen (secondary N) is 2. The van der Waals surface area contributed by atoms with Gasteiger partial charge in [0.1, 0.15) is 0 Å². The van der Waals surface area contributed by atoms with Gasteiger partial charge in [0.05, 0.1) is 24.5 Å². The molecule has 2 amide bonds. The molecule has 2 aromatic rings. The highest BCUT2D eigenvalue weighted by Gasteiger charge is 2.14. The summed E-state index contributed by atoms with van der Waals surface area (Å²) < 4.78 is 11.2. The number of nitrogens with zero attached hydrogens (tertiary/aromatic N) is 1. The molecule has 8 heteroatoms. The topological polar surface area (TPSA) is 89.0 Å². The molecule has 0 bridgehead atoms. The first-order valence-electron chi connectivity index (χ1n) is 9.25. The van der Waals surface area contributed by atoms with Crippen LogP contribution in [0.15, 0.2) is 41.5 Å². The Morgan fingerprint density at radius 3 is 2.59 bits per heavy atom. The Morgan fingerprint density at radius 1 is 1.14 bits per heavy atom. The molecular formula is C21H24ClN3O4. The number of aryl methyl sites for hydroxylation is 1. The Balaban J connectivity index is 2.04. The fourth-order valence-electron chi connectivity index (χ4n) is 2.38. The molecule has 0 fully saturated rings. The van der Waals surface area contributed by atoms with Crippen molar-refractivity contribution in [3.8, 4) is 11.5 Å². The maximum atomic E-state index is 12.0. The predicted octanol–water partition coefficient (Wildman–Crippen LogP) is 3.92. The molecule has 2 rings (SSSR count). The molecule has 0 unspecified atom stereocenters. The molecule has 0 radical (unpaired) electrons. The highest BCUT2D eigenvalue weighted by atomic mass is 35.5. The maximum absolute atomic E-state index is 12.0. The number of hydrogen-bond acceptors (Lipinski definition) is 5. The Kier molecular flexibility index (Phi) is 8.48. The lowest BCUT2D eigenvalue weighted by atomic mass is 10.2. The molecule has 7 nitrogen and oxygen atoms in total. The third-order valence-corrected chi connectivity index (χ3v) is 4.04. The minimum atomic E-state index is -0.886. The van der Waals surface area contributed by atoms with E-state index in [2.05, 4.69) is 15.8 Å². The molecule has 154 valence electrons. The third kappa shape index (κ3) is 6.50. The van der Waals surface area contributed by atoms with Gasteiger partial charge in [-0.25, -0.2) is 5.43 Å². The summed E-state index contributed by atoms with van der Waals surface area (Å²) in [5, 5.41) is 6.73. The zero-order valence-corrected chi connectivity index (χ0v) is 17.4. The van der Waals surface area contributed by atoms with Gasteiger partial charge in [-0.1, -0.05) is 36.7 Å². The van der Waals surface area contributed by atoms with Crippen molar-refractivity contribution in [1.82, 2.24) is 5.43 Å². The summed E-state index contributed by atoms with van der Waals surface area (Å²) in [6, 6.07) is 10.5. The molecule has 0 aliphatic rings. The van der Waals surface area contributed by atoms with Gasteiger partial charge in [0.15, 0.2) is 11.5 Å². The molecule has 29 heavy (non-hydrogen) atoms. The average molecular weight is 418 g/mol. The standard InChI is InChI=1S/C21H24ClN3O4/c1-4-10-29-19-16(22)11-15(12-18(19)28-5-2)13-23-25-21(27)20(26)24-17-9-7-6-8-14(17)3/h6-9,11-13H,4-5,10H2,1-3H3,(H,24,26)(H,25,27)/b23-13-. The number of hydrogen-bond donors (Lipinski definition) is 2. The minimum absolute atomic E-state index is 0.370. The molecule has 0 aromatic heterocycles. The third-order valence-electron chi connectivity index (χ3n) is 3.76. The first-order valence-corrected chi connectivity index (χ1v) is 9.63. The van der Waals surface area contributed by atoms with Gasteiger partial charge in [-0.3, -0.25) is 9.59 Å². The zero-order chi connectivity index (χ0) is 21.2. The van der Waals surface area contributed by atoms with Crippen LogP contribution in [0.1, 0.15) is 31.4 Å². The number of hydrazone groups is 1. The smallest absolute Gasteiger partial charge is 0.329 e. The van der Waals surface area contributed by atoms with Crippen LogP contribution in [-0.2, 0) is 9.59 Å². The van der Waals surface area contributed by atoms with E-state index in [1.807, 2.05) is 32.9 Å². The number of carbonyl (C=O) groups excluding carboxylic acids is 2. The van der Waals surface area contributed by atoms with Gasteiger partial charge in [0, 0.05) is 5.69 Å². The van der Waals surface area contributed by atoms with Crippen molar-refractivity contribution in [3.05, 3.63) is 52.5 Å². The molecule has 0 atom stereocenters. The van der Waals surface area contributed by atoms with Crippen LogP contribution in [0, 0.1) is 6.92 Å². The van der Waals surface area contributed by atoms with E-state index in [1.165, 1.54) is 6.21 Å². The number of para-hydroxylation sites is 1. The second-order valence-corrected chi connectivity index (χ2v) is 6.49. The van der Waals surface area contributed by atoms with Crippen LogP contribution < -0.4 is 20.2 Å². The Morgan fingerprint density at radius 2 is 1.90 bits per heavy atom. The van der Waals surface area contributed by atoms with Gasteiger partial charge in [-0.05, 0) is 49.6 Å². The van der Waals surface area contributed by atoms with Gasteiger partial charge in [-0.15, -0.1) is 0 Å². The van der Waals surface area contributed by atoms with Crippen molar-refractivity contribution in [2.24, 2.45) is 5.10 Å². The van der Waals surface area contributed by atoms with Crippen molar-refractivity contribution >= 4 is 35.3 Å². The summed E-state index contributed by atoms with van der Waals surface area (Å²) in [7, 11) is 0. The summed E-state index contributed by atoms with van der Waals surface area (Å²) >= 11 is 6.28.